The summed E-state index contributed by atoms with van der Waals surface area (Å²) in [6.07, 6.45) is -8.15. The van der Waals surface area contributed by atoms with Crippen LogP contribution in [0.4, 0.5) is 35.1 Å². The summed E-state index contributed by atoms with van der Waals surface area (Å²) in [6, 6.07) is 5.18. The van der Waals surface area contributed by atoms with Gasteiger partial charge in [-0.2, -0.15) is 17.6 Å². The van der Waals surface area contributed by atoms with Crippen LogP contribution in [0.15, 0.2) is 30.3 Å². The molecule has 0 aliphatic heterocycles. The van der Waals surface area contributed by atoms with Crippen molar-refractivity contribution in [3.05, 3.63) is 64.7 Å². The summed E-state index contributed by atoms with van der Waals surface area (Å²) in [5, 5.41) is 10.4. The van der Waals surface area contributed by atoms with Crippen LogP contribution in [0.25, 0.3) is 0 Å². The molecule has 1 N–H and O–H groups in total. The minimum atomic E-state index is -3.87. The van der Waals surface area contributed by atoms with Crippen LogP contribution in [0.3, 0.4) is 0 Å². The molecule has 0 bridgehead atoms. The second-order valence-corrected chi connectivity index (χ2v) is 11.4. The van der Waals surface area contributed by atoms with Crippen LogP contribution in [-0.2, 0) is 15.9 Å². The highest BCUT2D eigenvalue weighted by Crippen LogP contribution is 2.44. The number of hydrogen-bond donors (Lipinski definition) is 1. The molecule has 0 amide bonds. The first kappa shape index (κ1) is 33.5. The van der Waals surface area contributed by atoms with Crippen molar-refractivity contribution < 1.29 is 54.4 Å². The molecular formula is C31H36F8O4. The number of aryl methyl sites for hydroxylation is 1. The van der Waals surface area contributed by atoms with Crippen LogP contribution in [0.1, 0.15) is 88.5 Å². The largest absolute Gasteiger partial charge is 0.432 e. The van der Waals surface area contributed by atoms with Gasteiger partial charge < -0.3 is 19.3 Å². The van der Waals surface area contributed by atoms with E-state index in [1.807, 2.05) is 6.92 Å². The lowest BCUT2D eigenvalue weighted by Crippen LogP contribution is -2.42. The number of alkyl halides is 4. The van der Waals surface area contributed by atoms with Gasteiger partial charge in [-0.25, -0.2) is 17.6 Å². The Balaban J connectivity index is 1.22. The Labute approximate surface area is 245 Å². The average Bonchev–Trinajstić information content (AvgIpc) is 2.95. The highest BCUT2D eigenvalue weighted by molar-refractivity contribution is 5.26. The maximum atomic E-state index is 15.0. The standard InChI is InChI=1S/C31H36F8O4/c1-2-3-4-18-5-14-24(25(32)15-18)29(40)41-21-10-6-19(7-11-21)30(36,37)42-22-12-8-20(9-13-22)31(38,39)43-23-16-26(33)28(35)27(34)17-23/h5,14-17,19-22,29,40H,2-4,6-13H2,1H3. The van der Waals surface area contributed by atoms with E-state index in [0.717, 1.165) is 24.8 Å². The van der Waals surface area contributed by atoms with Crippen molar-refractivity contribution >= 4 is 0 Å². The smallest absolute Gasteiger partial charge is 0.400 e. The number of benzene rings is 2. The molecule has 0 heterocycles. The number of ether oxygens (including phenoxy) is 3. The summed E-state index contributed by atoms with van der Waals surface area (Å²) in [7, 11) is 0. The summed E-state index contributed by atoms with van der Waals surface area (Å²) in [4.78, 5) is 0. The molecule has 2 aliphatic carbocycles. The van der Waals surface area contributed by atoms with Gasteiger partial charge in [0.1, 0.15) is 11.6 Å². The number of halogens is 8. The van der Waals surface area contributed by atoms with Gasteiger partial charge in [0.05, 0.1) is 24.0 Å². The third-order valence-corrected chi connectivity index (χ3v) is 8.31. The Hall–Kier alpha value is -2.44. The highest BCUT2D eigenvalue weighted by atomic mass is 19.3. The number of aliphatic hydroxyl groups excluding tert-OH is 1. The molecule has 0 radical (unpaired) electrons. The van der Waals surface area contributed by atoms with Gasteiger partial charge in [-0.15, -0.1) is 0 Å². The van der Waals surface area contributed by atoms with Gasteiger partial charge in [0.25, 0.3) is 0 Å². The molecule has 2 aliphatic rings. The maximum Gasteiger partial charge on any atom is 0.400 e. The monoisotopic (exact) mass is 624 g/mol. The quantitative estimate of drug-likeness (QED) is 0.146. The van der Waals surface area contributed by atoms with E-state index in [9.17, 15) is 31.4 Å². The minimum Gasteiger partial charge on any atom is -0.432 e. The van der Waals surface area contributed by atoms with Crippen LogP contribution in [0, 0.1) is 35.1 Å². The fraction of sp³-hybridized carbons (Fsp3) is 0.613. The third kappa shape index (κ3) is 8.60. The van der Waals surface area contributed by atoms with Crippen molar-refractivity contribution in [1.29, 1.82) is 0 Å². The molecule has 43 heavy (non-hydrogen) atoms. The van der Waals surface area contributed by atoms with E-state index in [1.54, 1.807) is 6.07 Å². The molecule has 240 valence electrons. The zero-order chi connectivity index (χ0) is 31.4. The molecule has 2 fully saturated rings. The SMILES string of the molecule is CCCCc1ccc(C(O)OC2CCC(C(F)(F)OC3CCC(C(F)(F)Oc4cc(F)c(F)c(F)c4)CC3)CC2)c(F)c1. The summed E-state index contributed by atoms with van der Waals surface area (Å²) in [5.74, 6) is -9.22. The van der Waals surface area contributed by atoms with E-state index in [0.29, 0.717) is 12.1 Å². The maximum absolute atomic E-state index is 15.0. The van der Waals surface area contributed by atoms with E-state index in [1.165, 1.54) is 12.1 Å². The molecule has 1 unspecified atom stereocenters. The van der Waals surface area contributed by atoms with Crippen molar-refractivity contribution in [3.63, 3.8) is 0 Å². The highest BCUT2D eigenvalue weighted by Gasteiger charge is 2.48. The molecule has 0 saturated heterocycles. The minimum absolute atomic E-state index is 0.0143. The first-order valence-corrected chi connectivity index (χ1v) is 14.7. The Morgan fingerprint density at radius 1 is 0.767 bits per heavy atom. The zero-order valence-corrected chi connectivity index (χ0v) is 23.7. The van der Waals surface area contributed by atoms with Gasteiger partial charge >= 0.3 is 12.2 Å². The summed E-state index contributed by atoms with van der Waals surface area (Å²) >= 11 is 0. The predicted molar refractivity (Wildman–Crippen MR) is 140 cm³/mol. The van der Waals surface area contributed by atoms with Gasteiger partial charge in [-0.3, -0.25) is 0 Å². The molecule has 4 rings (SSSR count). The van der Waals surface area contributed by atoms with Crippen LogP contribution < -0.4 is 4.74 Å². The number of hydrogen-bond acceptors (Lipinski definition) is 4. The molecule has 2 aromatic rings. The fourth-order valence-electron chi connectivity index (χ4n) is 5.76. The van der Waals surface area contributed by atoms with Crippen molar-refractivity contribution in [2.75, 3.05) is 0 Å². The van der Waals surface area contributed by atoms with Gasteiger partial charge in [0.2, 0.25) is 0 Å². The second kappa shape index (κ2) is 14.1. The van der Waals surface area contributed by atoms with E-state index in [2.05, 4.69) is 4.74 Å². The van der Waals surface area contributed by atoms with Crippen LogP contribution in [0.5, 0.6) is 5.75 Å². The summed E-state index contributed by atoms with van der Waals surface area (Å²) in [5.41, 5.74) is 0.798. The summed E-state index contributed by atoms with van der Waals surface area (Å²) < 4.78 is 129. The lowest BCUT2D eigenvalue weighted by molar-refractivity contribution is -0.307. The topological polar surface area (TPSA) is 47.9 Å². The van der Waals surface area contributed by atoms with Gasteiger partial charge in [0, 0.05) is 17.7 Å². The lowest BCUT2D eigenvalue weighted by atomic mass is 9.85. The van der Waals surface area contributed by atoms with Crippen LogP contribution >= 0.6 is 0 Å². The Kier molecular flexibility index (Phi) is 11.0. The number of rotatable bonds is 12. The van der Waals surface area contributed by atoms with Crippen LogP contribution in [0.2, 0.25) is 0 Å². The average molecular weight is 625 g/mol. The lowest BCUT2D eigenvalue weighted by Gasteiger charge is -2.38. The van der Waals surface area contributed by atoms with E-state index < -0.39 is 71.6 Å². The van der Waals surface area contributed by atoms with E-state index >= 15 is 8.78 Å². The first-order valence-electron chi connectivity index (χ1n) is 14.7. The van der Waals surface area contributed by atoms with Gasteiger partial charge in [-0.1, -0.05) is 25.5 Å². The Morgan fingerprint density at radius 2 is 1.33 bits per heavy atom. The molecular weight excluding hydrogens is 588 g/mol. The van der Waals surface area contributed by atoms with Crippen molar-refractivity contribution in [3.8, 4) is 5.75 Å². The van der Waals surface area contributed by atoms with Crippen molar-refractivity contribution in [2.45, 2.75) is 108 Å². The van der Waals surface area contributed by atoms with E-state index in [4.69, 9.17) is 9.47 Å². The van der Waals surface area contributed by atoms with Crippen LogP contribution in [-0.4, -0.2) is 29.5 Å². The molecule has 0 spiro atoms. The normalized spacial score (nSPS) is 24.1. The molecule has 0 aromatic heterocycles. The number of aliphatic hydroxyl groups is 1. The Morgan fingerprint density at radius 3 is 1.88 bits per heavy atom. The third-order valence-electron chi connectivity index (χ3n) is 8.31. The number of unbranched alkanes of at least 4 members (excludes halogenated alkanes) is 1. The molecule has 2 saturated carbocycles. The predicted octanol–water partition coefficient (Wildman–Crippen LogP) is 8.99. The fourth-order valence-corrected chi connectivity index (χ4v) is 5.76. The van der Waals surface area contributed by atoms with Gasteiger partial charge in [0.15, 0.2) is 23.7 Å². The van der Waals surface area contributed by atoms with E-state index in [-0.39, 0.29) is 56.9 Å². The van der Waals surface area contributed by atoms with Gasteiger partial charge in [-0.05, 0) is 75.8 Å². The molecule has 12 heteroatoms. The molecule has 1 atom stereocenters. The molecule has 2 aromatic carbocycles. The summed E-state index contributed by atoms with van der Waals surface area (Å²) in [6.45, 7) is 2.03. The Bertz CT molecular complexity index is 1190. The second-order valence-electron chi connectivity index (χ2n) is 11.4. The van der Waals surface area contributed by atoms with Crippen molar-refractivity contribution in [1.82, 2.24) is 0 Å². The first-order chi connectivity index (χ1) is 20.3. The zero-order valence-electron chi connectivity index (χ0n) is 23.7. The van der Waals surface area contributed by atoms with Crippen molar-refractivity contribution in [2.24, 2.45) is 11.8 Å². The molecule has 4 nitrogen and oxygen atoms in total.